The third-order valence-electron chi connectivity index (χ3n) is 5.23. The predicted molar refractivity (Wildman–Crippen MR) is 133 cm³/mol. The van der Waals surface area contributed by atoms with Gasteiger partial charge in [0.1, 0.15) is 6.04 Å². The van der Waals surface area contributed by atoms with Crippen molar-refractivity contribution in [3.63, 3.8) is 0 Å². The molecule has 0 saturated heterocycles. The van der Waals surface area contributed by atoms with Crippen molar-refractivity contribution in [1.29, 1.82) is 0 Å². The lowest BCUT2D eigenvalue weighted by Crippen LogP contribution is -2.47. The van der Waals surface area contributed by atoms with Crippen LogP contribution in [0.2, 0.25) is 5.02 Å². The molecular weight excluding hydrogens is 462 g/mol. The van der Waals surface area contributed by atoms with E-state index in [-0.39, 0.29) is 31.3 Å². The largest absolute Gasteiger partial charge is 0.355 e. The Hall–Kier alpha value is -2.58. The van der Waals surface area contributed by atoms with Gasteiger partial charge in [0.05, 0.1) is 11.9 Å². The van der Waals surface area contributed by atoms with Gasteiger partial charge in [-0.25, -0.2) is 8.42 Å². The quantitative estimate of drug-likeness (QED) is 0.516. The minimum Gasteiger partial charge on any atom is -0.355 e. The van der Waals surface area contributed by atoms with Gasteiger partial charge in [-0.1, -0.05) is 35.9 Å². The maximum atomic E-state index is 13.1. The van der Waals surface area contributed by atoms with Crippen molar-refractivity contribution in [2.45, 2.75) is 46.2 Å². The Morgan fingerprint density at radius 1 is 1.12 bits per heavy atom. The molecule has 9 heteroatoms. The number of carbonyl (C=O) groups excluding carboxylic acids is 2. The molecule has 2 aromatic carbocycles. The number of rotatable bonds is 11. The Morgan fingerprint density at radius 3 is 2.36 bits per heavy atom. The number of likely N-dealkylation sites (N-methyl/N-ethyl adjacent to an activating group) is 1. The van der Waals surface area contributed by atoms with Crippen LogP contribution >= 0.6 is 11.6 Å². The van der Waals surface area contributed by atoms with Crippen LogP contribution in [0.5, 0.6) is 0 Å². The predicted octanol–water partition coefficient (Wildman–Crippen LogP) is 3.75. The van der Waals surface area contributed by atoms with Gasteiger partial charge < -0.3 is 10.2 Å². The monoisotopic (exact) mass is 493 g/mol. The van der Waals surface area contributed by atoms with Crippen molar-refractivity contribution < 1.29 is 18.0 Å². The molecule has 33 heavy (non-hydrogen) atoms. The maximum absolute atomic E-state index is 13.1. The Kier molecular flexibility index (Phi) is 9.73. The van der Waals surface area contributed by atoms with E-state index in [0.29, 0.717) is 23.7 Å². The number of nitrogens with zero attached hydrogens (tertiary/aromatic N) is 2. The lowest BCUT2D eigenvalue weighted by atomic mass is 10.1. The summed E-state index contributed by atoms with van der Waals surface area (Å²) in [5.74, 6) is -0.460. The minimum atomic E-state index is -3.51. The first-order valence-corrected chi connectivity index (χ1v) is 13.1. The van der Waals surface area contributed by atoms with Crippen molar-refractivity contribution in [2.75, 3.05) is 23.7 Å². The van der Waals surface area contributed by atoms with E-state index in [1.165, 1.54) is 9.21 Å². The number of nitrogens with one attached hydrogen (secondary N) is 1. The third-order valence-corrected chi connectivity index (χ3v) is 6.67. The number of halogens is 1. The van der Waals surface area contributed by atoms with E-state index >= 15 is 0 Å². The summed E-state index contributed by atoms with van der Waals surface area (Å²) in [5, 5.41) is 3.34. The Bertz CT molecular complexity index is 1060. The van der Waals surface area contributed by atoms with Crippen LogP contribution in [-0.2, 0) is 26.2 Å². The molecule has 0 bridgehead atoms. The van der Waals surface area contributed by atoms with Crippen LogP contribution < -0.4 is 9.62 Å². The molecule has 0 aromatic heterocycles. The summed E-state index contributed by atoms with van der Waals surface area (Å²) in [6, 6.07) is 13.7. The summed E-state index contributed by atoms with van der Waals surface area (Å²) >= 11 is 5.96. The molecule has 0 unspecified atom stereocenters. The summed E-state index contributed by atoms with van der Waals surface area (Å²) in [4.78, 5) is 27.1. The van der Waals surface area contributed by atoms with E-state index in [9.17, 15) is 18.0 Å². The molecule has 180 valence electrons. The first kappa shape index (κ1) is 26.7. The van der Waals surface area contributed by atoms with E-state index in [0.717, 1.165) is 17.4 Å². The van der Waals surface area contributed by atoms with Crippen LogP contribution in [0.15, 0.2) is 48.5 Å². The summed E-state index contributed by atoms with van der Waals surface area (Å²) in [5.41, 5.74) is 2.36. The lowest BCUT2D eigenvalue weighted by molar-refractivity contribution is -0.140. The molecular formula is C24H32ClN3O4S. The summed E-state index contributed by atoms with van der Waals surface area (Å²) < 4.78 is 26.0. The molecule has 0 radical (unpaired) electrons. The fourth-order valence-electron chi connectivity index (χ4n) is 3.48. The van der Waals surface area contributed by atoms with Gasteiger partial charge in [0.15, 0.2) is 0 Å². The van der Waals surface area contributed by atoms with Gasteiger partial charge in [-0.05, 0) is 62.6 Å². The van der Waals surface area contributed by atoms with Gasteiger partial charge in [0.2, 0.25) is 21.8 Å². The van der Waals surface area contributed by atoms with Gasteiger partial charge in [-0.15, -0.1) is 0 Å². The Balaban J connectivity index is 2.14. The molecule has 1 atom stereocenters. The Labute approximate surface area is 201 Å². The number of carbonyl (C=O) groups is 2. The van der Waals surface area contributed by atoms with Gasteiger partial charge in [-0.3, -0.25) is 13.9 Å². The normalized spacial score (nSPS) is 12.2. The SMILES string of the molecule is CCNC(=O)[C@@H](C)N(Cc1ccc(Cl)cc1)C(=O)CCCN(c1cccc(C)c1)S(C)(=O)=O. The highest BCUT2D eigenvalue weighted by Gasteiger charge is 2.26. The molecule has 0 spiro atoms. The molecule has 2 rings (SSSR count). The first-order chi connectivity index (χ1) is 15.5. The highest BCUT2D eigenvalue weighted by atomic mass is 35.5. The number of amides is 2. The first-order valence-electron chi connectivity index (χ1n) is 10.9. The van der Waals surface area contributed by atoms with Gasteiger partial charge in [-0.2, -0.15) is 0 Å². The molecule has 1 N–H and O–H groups in total. The molecule has 2 amide bonds. The highest BCUT2D eigenvalue weighted by molar-refractivity contribution is 7.92. The van der Waals surface area contributed by atoms with Crippen molar-refractivity contribution in [3.05, 3.63) is 64.7 Å². The number of anilines is 1. The number of hydrogen-bond acceptors (Lipinski definition) is 4. The summed E-state index contributed by atoms with van der Waals surface area (Å²) in [7, 11) is -3.51. The average molecular weight is 494 g/mol. The summed E-state index contributed by atoms with van der Waals surface area (Å²) in [6.45, 7) is 6.28. The van der Waals surface area contributed by atoms with E-state index in [1.807, 2.05) is 32.0 Å². The molecule has 2 aromatic rings. The van der Waals surface area contributed by atoms with Crippen LogP contribution in [0.1, 0.15) is 37.8 Å². The van der Waals surface area contributed by atoms with E-state index in [4.69, 9.17) is 11.6 Å². The molecule has 0 fully saturated rings. The topological polar surface area (TPSA) is 86.8 Å². The van der Waals surface area contributed by atoms with Crippen LogP contribution in [0.25, 0.3) is 0 Å². The highest BCUT2D eigenvalue weighted by Crippen LogP contribution is 2.20. The van der Waals surface area contributed by atoms with Crippen LogP contribution in [0.4, 0.5) is 5.69 Å². The van der Waals surface area contributed by atoms with Crippen LogP contribution in [-0.4, -0.2) is 50.5 Å². The molecule has 0 heterocycles. The molecule has 7 nitrogen and oxygen atoms in total. The number of aryl methyl sites for hydroxylation is 1. The number of sulfonamides is 1. The van der Waals surface area contributed by atoms with E-state index in [2.05, 4.69) is 5.32 Å². The standard InChI is InChI=1S/C24H32ClN3O4S/c1-5-26-24(30)19(3)27(17-20-11-13-21(25)14-12-20)23(29)10-7-15-28(33(4,31)32)22-9-6-8-18(2)16-22/h6,8-9,11-14,16,19H,5,7,10,15,17H2,1-4H3,(H,26,30)/t19-/m1/s1. The van der Waals surface area contributed by atoms with Gasteiger partial charge in [0, 0.05) is 31.1 Å². The second kappa shape index (κ2) is 12.0. The lowest BCUT2D eigenvalue weighted by Gasteiger charge is -2.29. The fraction of sp³-hybridized carbons (Fsp3) is 0.417. The average Bonchev–Trinajstić information content (AvgIpc) is 2.75. The Morgan fingerprint density at radius 2 is 1.79 bits per heavy atom. The van der Waals surface area contributed by atoms with E-state index < -0.39 is 16.1 Å². The zero-order valence-corrected chi connectivity index (χ0v) is 21.1. The summed E-state index contributed by atoms with van der Waals surface area (Å²) in [6.07, 6.45) is 1.58. The second-order valence-corrected chi connectivity index (χ2v) is 10.3. The zero-order chi connectivity index (χ0) is 24.6. The fourth-order valence-corrected chi connectivity index (χ4v) is 4.56. The molecule has 0 aliphatic carbocycles. The second-order valence-electron chi connectivity index (χ2n) is 8.00. The van der Waals surface area contributed by atoms with Crippen molar-refractivity contribution in [1.82, 2.24) is 10.2 Å². The van der Waals surface area contributed by atoms with Crippen LogP contribution in [0, 0.1) is 6.92 Å². The molecule has 0 saturated carbocycles. The number of hydrogen-bond donors (Lipinski definition) is 1. The third kappa shape index (κ3) is 8.05. The van der Waals surface area contributed by atoms with Crippen molar-refractivity contribution >= 4 is 39.1 Å². The van der Waals surface area contributed by atoms with Gasteiger partial charge in [0.25, 0.3) is 0 Å². The smallest absolute Gasteiger partial charge is 0.242 e. The van der Waals surface area contributed by atoms with Crippen LogP contribution in [0.3, 0.4) is 0 Å². The zero-order valence-electron chi connectivity index (χ0n) is 19.5. The maximum Gasteiger partial charge on any atom is 0.242 e. The number of benzene rings is 2. The molecule has 0 aliphatic rings. The van der Waals surface area contributed by atoms with E-state index in [1.54, 1.807) is 37.3 Å². The van der Waals surface area contributed by atoms with Gasteiger partial charge >= 0.3 is 0 Å². The molecule has 0 aliphatic heterocycles. The minimum absolute atomic E-state index is 0.106. The van der Waals surface area contributed by atoms with Crippen molar-refractivity contribution in [3.8, 4) is 0 Å². The van der Waals surface area contributed by atoms with Crippen molar-refractivity contribution in [2.24, 2.45) is 0 Å².